The van der Waals surface area contributed by atoms with Crippen molar-refractivity contribution in [1.29, 1.82) is 0 Å². The van der Waals surface area contributed by atoms with Gasteiger partial charge < -0.3 is 18.9 Å². The largest absolute Gasteiger partial charge is 0.313 e. The van der Waals surface area contributed by atoms with Gasteiger partial charge in [0.2, 0.25) is 0 Å². The second-order valence-corrected chi connectivity index (χ2v) is 20.8. The Bertz CT molecular complexity index is 4250. The third kappa shape index (κ3) is 8.53. The quantitative estimate of drug-likeness (QED) is 0.128. The van der Waals surface area contributed by atoms with Crippen LogP contribution in [0.25, 0.3) is 82.8 Å². The second-order valence-electron chi connectivity index (χ2n) is 20.8. The molecular formula is C73H58N4. The molecule has 0 unspecified atom stereocenters. The molecule has 2 aromatic heterocycles. The molecule has 0 amide bonds. The summed E-state index contributed by atoms with van der Waals surface area (Å²) in [5.41, 5.74) is 21.5. The van der Waals surface area contributed by atoms with E-state index in [1.54, 1.807) is 0 Å². The summed E-state index contributed by atoms with van der Waals surface area (Å²) >= 11 is 0. The standard InChI is InChI=1S/C73H58N4/c1-51-31-33-55(34-32-51)57-20-16-26-63(48-57)75(65-44-46-73-69(50-65)67-28-12-14-30-71(67)77(73)59-23-9-4-10-24-59)61-41-37-54(38-42-61)53-35-39-60(40-36-53)74(62-25-15-19-56(47-62)52-17-5-2-6-18-52)64-43-45-72-68(49-64)66-27-11-13-29-70(66)76(72)58-21-7-3-8-22-58/h2-7,9,11-21,23,25-31,33-51H,8,10,22,24,32H2,1H3/t51-/m1/s1. The number of hydrogen-bond acceptors (Lipinski definition) is 2. The molecule has 77 heavy (non-hydrogen) atoms. The minimum Gasteiger partial charge on any atom is -0.313 e. The van der Waals surface area contributed by atoms with E-state index < -0.39 is 0 Å². The van der Waals surface area contributed by atoms with Crippen molar-refractivity contribution in [2.75, 3.05) is 9.80 Å². The predicted molar refractivity (Wildman–Crippen MR) is 329 cm³/mol. The summed E-state index contributed by atoms with van der Waals surface area (Å²) in [4.78, 5) is 4.84. The molecule has 0 saturated heterocycles. The van der Waals surface area contributed by atoms with Crippen molar-refractivity contribution in [3.63, 3.8) is 0 Å². The molecule has 0 N–H and O–H groups in total. The van der Waals surface area contributed by atoms with Crippen molar-refractivity contribution in [2.45, 2.75) is 39.0 Å². The highest BCUT2D eigenvalue weighted by Crippen LogP contribution is 2.44. The van der Waals surface area contributed by atoms with Crippen molar-refractivity contribution in [3.8, 4) is 22.3 Å². The van der Waals surface area contributed by atoms with Gasteiger partial charge in [-0.3, -0.25) is 0 Å². The van der Waals surface area contributed by atoms with Gasteiger partial charge in [-0.1, -0.05) is 165 Å². The Hall–Kier alpha value is -9.38. The van der Waals surface area contributed by atoms with Crippen LogP contribution in [0.1, 0.15) is 44.6 Å². The molecule has 0 aliphatic heterocycles. The van der Waals surface area contributed by atoms with E-state index in [1.807, 2.05) is 0 Å². The second kappa shape index (κ2) is 19.7. The van der Waals surface area contributed by atoms with Crippen molar-refractivity contribution in [3.05, 3.63) is 273 Å². The maximum Gasteiger partial charge on any atom is 0.0539 e. The topological polar surface area (TPSA) is 16.3 Å². The normalized spacial score (nSPS) is 15.3. The van der Waals surface area contributed by atoms with Gasteiger partial charge in [-0.05, 0) is 181 Å². The Kier molecular flexibility index (Phi) is 11.8. The lowest BCUT2D eigenvalue weighted by atomic mass is 9.94. The molecule has 14 rings (SSSR count). The van der Waals surface area contributed by atoms with Crippen molar-refractivity contribution in [1.82, 2.24) is 9.13 Å². The Morgan fingerprint density at radius 2 is 0.818 bits per heavy atom. The summed E-state index contributed by atoms with van der Waals surface area (Å²) < 4.78 is 4.94. The number of para-hydroxylation sites is 2. The Labute approximate surface area is 451 Å². The van der Waals surface area contributed by atoms with Gasteiger partial charge >= 0.3 is 0 Å². The smallest absolute Gasteiger partial charge is 0.0539 e. The summed E-state index contributed by atoms with van der Waals surface area (Å²) in [5, 5.41) is 5.02. The Morgan fingerprint density at radius 3 is 1.32 bits per heavy atom. The van der Waals surface area contributed by atoms with Crippen LogP contribution in [0.4, 0.5) is 34.1 Å². The zero-order valence-electron chi connectivity index (χ0n) is 43.3. The third-order valence-electron chi connectivity index (χ3n) is 15.9. The number of rotatable bonds is 11. The average Bonchev–Trinajstić information content (AvgIpc) is 4.09. The molecular weight excluding hydrogens is 933 g/mol. The van der Waals surface area contributed by atoms with Crippen LogP contribution in [0.3, 0.4) is 0 Å². The number of hydrogen-bond donors (Lipinski definition) is 0. The van der Waals surface area contributed by atoms with Gasteiger partial charge in [0.1, 0.15) is 0 Å². The van der Waals surface area contributed by atoms with Crippen molar-refractivity contribution < 1.29 is 0 Å². The Balaban J connectivity index is 0.852. The van der Waals surface area contributed by atoms with E-state index in [-0.39, 0.29) is 0 Å². The van der Waals surface area contributed by atoms with Crippen LogP contribution in [0.15, 0.2) is 267 Å². The number of nitrogens with zero attached hydrogens (tertiary/aromatic N) is 4. The first-order valence-electron chi connectivity index (χ1n) is 27.3. The lowest BCUT2D eigenvalue weighted by Crippen LogP contribution is -2.10. The lowest BCUT2D eigenvalue weighted by Gasteiger charge is -2.27. The molecule has 0 fully saturated rings. The highest BCUT2D eigenvalue weighted by molar-refractivity contribution is 6.13. The van der Waals surface area contributed by atoms with E-state index in [0.717, 1.165) is 77.4 Å². The number of anilines is 6. The minimum atomic E-state index is 0.552. The van der Waals surface area contributed by atoms with Gasteiger partial charge in [-0.15, -0.1) is 0 Å². The number of benzene rings is 9. The van der Waals surface area contributed by atoms with Gasteiger partial charge in [0.25, 0.3) is 0 Å². The van der Waals surface area contributed by atoms with E-state index in [9.17, 15) is 0 Å². The monoisotopic (exact) mass is 990 g/mol. The molecule has 11 aromatic rings. The van der Waals surface area contributed by atoms with Crippen LogP contribution in [-0.4, -0.2) is 9.13 Å². The molecule has 4 nitrogen and oxygen atoms in total. The molecule has 0 saturated carbocycles. The number of allylic oxidation sites excluding steroid dienone is 12. The summed E-state index contributed by atoms with van der Waals surface area (Å²) in [6.45, 7) is 2.28. The molecule has 0 radical (unpaired) electrons. The molecule has 0 spiro atoms. The van der Waals surface area contributed by atoms with E-state index in [1.165, 1.54) is 77.3 Å². The van der Waals surface area contributed by atoms with Crippen LogP contribution in [0, 0.1) is 5.92 Å². The summed E-state index contributed by atoms with van der Waals surface area (Å²) in [7, 11) is 0. The molecule has 9 aromatic carbocycles. The fourth-order valence-electron chi connectivity index (χ4n) is 12.1. The van der Waals surface area contributed by atoms with Crippen LogP contribution in [0.2, 0.25) is 0 Å². The summed E-state index contributed by atoms with van der Waals surface area (Å²) in [6.07, 6.45) is 25.7. The zero-order valence-corrected chi connectivity index (χ0v) is 43.3. The summed E-state index contributed by atoms with van der Waals surface area (Å²) in [5.74, 6) is 0.552. The zero-order chi connectivity index (χ0) is 51.2. The summed E-state index contributed by atoms with van der Waals surface area (Å²) in [6, 6.07) is 78.7. The van der Waals surface area contributed by atoms with Crippen LogP contribution >= 0.6 is 0 Å². The Morgan fingerprint density at radius 1 is 0.377 bits per heavy atom. The fourth-order valence-corrected chi connectivity index (χ4v) is 12.1. The molecule has 0 bridgehead atoms. The first-order chi connectivity index (χ1) is 38.1. The molecule has 370 valence electrons. The maximum atomic E-state index is 2.47. The van der Waals surface area contributed by atoms with Crippen LogP contribution < -0.4 is 9.80 Å². The average molecular weight is 991 g/mol. The first-order valence-corrected chi connectivity index (χ1v) is 27.3. The minimum absolute atomic E-state index is 0.552. The highest BCUT2D eigenvalue weighted by Gasteiger charge is 2.22. The number of fused-ring (bicyclic) bond motifs is 6. The van der Waals surface area contributed by atoms with E-state index in [4.69, 9.17) is 0 Å². The molecule has 1 atom stereocenters. The highest BCUT2D eigenvalue weighted by atomic mass is 15.1. The fraction of sp³-hybridized carbons (Fsp3) is 0.0959. The van der Waals surface area contributed by atoms with Crippen LogP contribution in [0.5, 0.6) is 0 Å². The van der Waals surface area contributed by atoms with Gasteiger partial charge in [0.15, 0.2) is 0 Å². The molecule has 2 heterocycles. The van der Waals surface area contributed by atoms with E-state index in [0.29, 0.717) is 5.92 Å². The van der Waals surface area contributed by atoms with E-state index in [2.05, 4.69) is 293 Å². The number of aromatic nitrogens is 2. The SMILES string of the molecule is C[C@@H]1C=CC(c2cccc(N(c3ccc(-c4ccc(N(c5cccc(-c6ccccc6)c5)c5ccc6c(c5)c5ccccc5n6C5=CC=CCC5)cc4)cc3)c3ccc4c(c3)c3ccccc3n4C3=CC=CCC3)c2)=CC1. The van der Waals surface area contributed by atoms with Crippen molar-refractivity contribution >= 4 is 94.7 Å². The first kappa shape index (κ1) is 46.2. The van der Waals surface area contributed by atoms with Gasteiger partial charge in [0, 0.05) is 67.1 Å². The maximum absolute atomic E-state index is 2.47. The van der Waals surface area contributed by atoms with Crippen LogP contribution in [-0.2, 0) is 0 Å². The lowest BCUT2D eigenvalue weighted by molar-refractivity contribution is 0.739. The van der Waals surface area contributed by atoms with E-state index >= 15 is 0 Å². The van der Waals surface area contributed by atoms with Gasteiger partial charge in [-0.25, -0.2) is 0 Å². The third-order valence-corrected chi connectivity index (χ3v) is 15.9. The molecule has 3 aliphatic carbocycles. The van der Waals surface area contributed by atoms with Gasteiger partial charge in [0.05, 0.1) is 22.1 Å². The molecule has 3 aliphatic rings. The molecule has 4 heteroatoms. The predicted octanol–water partition coefficient (Wildman–Crippen LogP) is 20.5. The van der Waals surface area contributed by atoms with Gasteiger partial charge in [-0.2, -0.15) is 0 Å². The van der Waals surface area contributed by atoms with Crippen molar-refractivity contribution in [2.24, 2.45) is 5.92 Å².